The number of nitrogens with one attached hydrogen (secondary N) is 2. The predicted octanol–water partition coefficient (Wildman–Crippen LogP) is 4.22. The van der Waals surface area contributed by atoms with Gasteiger partial charge in [-0.15, -0.1) is 0 Å². The lowest BCUT2D eigenvalue weighted by molar-refractivity contribution is 0.410. The van der Waals surface area contributed by atoms with Crippen molar-refractivity contribution in [1.29, 1.82) is 0 Å². The topological polar surface area (TPSA) is 62.3 Å². The van der Waals surface area contributed by atoms with E-state index in [4.69, 9.17) is 4.74 Å². The maximum atomic E-state index is 5.40. The Kier molecular flexibility index (Phi) is 5.76. The molecule has 3 rings (SSSR count). The molecule has 140 valence electrons. The summed E-state index contributed by atoms with van der Waals surface area (Å²) < 4.78 is 5.40. The molecule has 6 nitrogen and oxygen atoms in total. The van der Waals surface area contributed by atoms with Gasteiger partial charge in [0.1, 0.15) is 11.6 Å². The second-order valence-corrected chi connectivity index (χ2v) is 6.45. The van der Waals surface area contributed by atoms with Crippen LogP contribution in [0.5, 0.6) is 5.75 Å². The van der Waals surface area contributed by atoms with Crippen molar-refractivity contribution >= 4 is 23.1 Å². The van der Waals surface area contributed by atoms with Gasteiger partial charge in [-0.3, -0.25) is 0 Å². The molecule has 0 aliphatic heterocycles. The molecule has 0 aliphatic rings. The molecule has 3 aromatic rings. The highest BCUT2D eigenvalue weighted by Crippen LogP contribution is 2.21. The average Bonchev–Trinajstić information content (AvgIpc) is 2.66. The van der Waals surface area contributed by atoms with E-state index in [0.29, 0.717) is 12.5 Å². The van der Waals surface area contributed by atoms with Crippen molar-refractivity contribution in [1.82, 2.24) is 9.97 Å². The maximum absolute atomic E-state index is 5.40. The first-order chi connectivity index (χ1) is 13.0. The van der Waals surface area contributed by atoms with Crippen molar-refractivity contribution in [3.8, 4) is 5.75 Å². The second kappa shape index (κ2) is 8.40. The zero-order valence-corrected chi connectivity index (χ0v) is 16.2. The molecular weight excluding hydrogens is 338 g/mol. The van der Waals surface area contributed by atoms with Crippen LogP contribution >= 0.6 is 0 Å². The molecule has 0 atom stereocenters. The van der Waals surface area contributed by atoms with Gasteiger partial charge in [-0.1, -0.05) is 18.2 Å². The van der Waals surface area contributed by atoms with E-state index in [0.717, 1.165) is 34.2 Å². The molecule has 0 amide bonds. The minimum atomic E-state index is 0.565. The Hall–Kier alpha value is -3.28. The summed E-state index contributed by atoms with van der Waals surface area (Å²) in [5.74, 6) is 2.19. The number of hydrogen-bond acceptors (Lipinski definition) is 6. The normalized spacial score (nSPS) is 10.4. The van der Waals surface area contributed by atoms with E-state index in [-0.39, 0.29) is 0 Å². The Morgan fingerprint density at radius 3 is 2.44 bits per heavy atom. The summed E-state index contributed by atoms with van der Waals surface area (Å²) in [6, 6.07) is 18.0. The van der Waals surface area contributed by atoms with Crippen LogP contribution in [-0.2, 0) is 6.54 Å². The predicted molar refractivity (Wildman–Crippen MR) is 111 cm³/mol. The third-order valence-corrected chi connectivity index (χ3v) is 4.15. The second-order valence-electron chi connectivity index (χ2n) is 6.45. The van der Waals surface area contributed by atoms with Gasteiger partial charge in [0.15, 0.2) is 0 Å². The van der Waals surface area contributed by atoms with Gasteiger partial charge >= 0.3 is 0 Å². The quantitative estimate of drug-likeness (QED) is 0.655. The van der Waals surface area contributed by atoms with Gasteiger partial charge in [-0.05, 0) is 37.3 Å². The zero-order chi connectivity index (χ0) is 19.2. The van der Waals surface area contributed by atoms with E-state index < -0.39 is 0 Å². The number of aromatic nitrogens is 2. The van der Waals surface area contributed by atoms with Gasteiger partial charge in [0, 0.05) is 49.3 Å². The van der Waals surface area contributed by atoms with Gasteiger partial charge in [-0.2, -0.15) is 4.98 Å². The van der Waals surface area contributed by atoms with E-state index in [9.17, 15) is 0 Å². The minimum Gasteiger partial charge on any atom is -0.496 e. The van der Waals surface area contributed by atoms with Crippen LogP contribution in [0.1, 0.15) is 11.3 Å². The zero-order valence-electron chi connectivity index (χ0n) is 16.2. The van der Waals surface area contributed by atoms with Crippen molar-refractivity contribution in [2.45, 2.75) is 13.5 Å². The molecule has 0 aliphatic carbocycles. The monoisotopic (exact) mass is 363 g/mol. The van der Waals surface area contributed by atoms with Gasteiger partial charge < -0.3 is 20.3 Å². The van der Waals surface area contributed by atoms with Crippen LogP contribution in [0.15, 0.2) is 54.6 Å². The summed E-state index contributed by atoms with van der Waals surface area (Å²) >= 11 is 0. The highest BCUT2D eigenvalue weighted by atomic mass is 16.5. The van der Waals surface area contributed by atoms with Gasteiger partial charge in [0.2, 0.25) is 5.95 Å². The molecular formula is C21H25N5O. The Morgan fingerprint density at radius 1 is 1.00 bits per heavy atom. The number of aryl methyl sites for hydroxylation is 1. The molecule has 2 aromatic carbocycles. The number of hydrogen-bond donors (Lipinski definition) is 2. The summed E-state index contributed by atoms with van der Waals surface area (Å²) in [4.78, 5) is 11.1. The number of para-hydroxylation sites is 1. The van der Waals surface area contributed by atoms with Gasteiger partial charge in [0.05, 0.1) is 7.11 Å². The molecule has 1 heterocycles. The van der Waals surface area contributed by atoms with Crippen LogP contribution in [0.4, 0.5) is 23.1 Å². The minimum absolute atomic E-state index is 0.565. The average molecular weight is 363 g/mol. The molecule has 27 heavy (non-hydrogen) atoms. The maximum Gasteiger partial charge on any atom is 0.229 e. The smallest absolute Gasteiger partial charge is 0.229 e. The van der Waals surface area contributed by atoms with Crippen molar-refractivity contribution in [3.63, 3.8) is 0 Å². The third-order valence-electron chi connectivity index (χ3n) is 4.15. The van der Waals surface area contributed by atoms with E-state index in [2.05, 4.69) is 37.6 Å². The summed E-state index contributed by atoms with van der Waals surface area (Å²) in [5, 5.41) is 6.62. The van der Waals surface area contributed by atoms with Crippen LogP contribution in [0, 0.1) is 6.92 Å². The van der Waals surface area contributed by atoms with Crippen LogP contribution in [0.3, 0.4) is 0 Å². The van der Waals surface area contributed by atoms with Crippen molar-refractivity contribution < 1.29 is 4.74 Å². The fourth-order valence-corrected chi connectivity index (χ4v) is 2.72. The number of nitrogens with zero attached hydrogens (tertiary/aromatic N) is 3. The van der Waals surface area contributed by atoms with Crippen LogP contribution in [0.25, 0.3) is 0 Å². The molecule has 0 unspecified atom stereocenters. The molecule has 2 N–H and O–H groups in total. The molecule has 0 spiro atoms. The summed E-state index contributed by atoms with van der Waals surface area (Å²) in [6.45, 7) is 2.58. The largest absolute Gasteiger partial charge is 0.496 e. The molecule has 0 bridgehead atoms. The number of anilines is 4. The van der Waals surface area contributed by atoms with E-state index in [1.807, 2.05) is 63.5 Å². The van der Waals surface area contributed by atoms with Gasteiger partial charge in [-0.25, -0.2) is 4.98 Å². The summed E-state index contributed by atoms with van der Waals surface area (Å²) in [6.07, 6.45) is 0. The Balaban J connectivity index is 1.72. The van der Waals surface area contributed by atoms with E-state index >= 15 is 0 Å². The van der Waals surface area contributed by atoms with E-state index in [1.165, 1.54) is 0 Å². The lowest BCUT2D eigenvalue weighted by Crippen LogP contribution is -2.08. The van der Waals surface area contributed by atoms with Crippen LogP contribution in [-0.4, -0.2) is 31.2 Å². The number of ether oxygens (including phenoxy) is 1. The van der Waals surface area contributed by atoms with Crippen LogP contribution < -0.4 is 20.3 Å². The summed E-state index contributed by atoms with van der Waals surface area (Å²) in [7, 11) is 5.72. The Morgan fingerprint density at radius 2 is 1.74 bits per heavy atom. The number of benzene rings is 2. The first-order valence-corrected chi connectivity index (χ1v) is 8.81. The van der Waals surface area contributed by atoms with Crippen molar-refractivity contribution in [3.05, 3.63) is 65.9 Å². The fraction of sp³-hybridized carbons (Fsp3) is 0.238. The Labute approximate surface area is 160 Å². The number of rotatable bonds is 7. The molecule has 6 heteroatoms. The fourth-order valence-electron chi connectivity index (χ4n) is 2.72. The molecule has 0 saturated heterocycles. The first-order valence-electron chi connectivity index (χ1n) is 8.81. The highest BCUT2D eigenvalue weighted by Gasteiger charge is 2.06. The molecule has 0 radical (unpaired) electrons. The highest BCUT2D eigenvalue weighted by molar-refractivity contribution is 5.60. The number of methoxy groups -OCH3 is 1. The lowest BCUT2D eigenvalue weighted by Gasteiger charge is -2.14. The van der Waals surface area contributed by atoms with E-state index in [1.54, 1.807) is 7.11 Å². The van der Waals surface area contributed by atoms with Gasteiger partial charge in [0.25, 0.3) is 0 Å². The van der Waals surface area contributed by atoms with Crippen molar-refractivity contribution in [2.75, 3.05) is 36.7 Å². The molecule has 0 saturated carbocycles. The summed E-state index contributed by atoms with van der Waals surface area (Å²) in [5.41, 5.74) is 4.05. The Bertz CT molecular complexity index is 893. The molecule has 1 aromatic heterocycles. The van der Waals surface area contributed by atoms with Crippen LogP contribution in [0.2, 0.25) is 0 Å². The standard InChI is InChI=1S/C21H25N5O/c1-15-13-20(22-14-16-7-5-6-8-19(16)27-4)25-21(23-15)24-17-9-11-18(12-10-17)26(2)3/h5-13H,14H2,1-4H3,(H2,22,23,24,25). The SMILES string of the molecule is COc1ccccc1CNc1cc(C)nc(Nc2ccc(N(C)C)cc2)n1. The van der Waals surface area contributed by atoms with Crippen molar-refractivity contribution in [2.24, 2.45) is 0 Å². The lowest BCUT2D eigenvalue weighted by atomic mass is 10.2. The first kappa shape index (κ1) is 18.5. The third kappa shape index (κ3) is 4.88. The molecule has 0 fully saturated rings.